The molecular weight excluding hydrogens is 312 g/mol. The number of carbonyl (C=O) groups excluding carboxylic acids is 1. The van der Waals surface area contributed by atoms with Crippen molar-refractivity contribution in [1.82, 2.24) is 0 Å². The molecule has 0 aromatic heterocycles. The number of fused-ring (bicyclic) bond motifs is 1. The summed E-state index contributed by atoms with van der Waals surface area (Å²) in [5.74, 6) is 0.261. The topological polar surface area (TPSA) is 17.1 Å². The third kappa shape index (κ3) is 4.18. The lowest BCUT2D eigenvalue weighted by Crippen LogP contribution is -2.22. The van der Waals surface area contributed by atoms with Crippen LogP contribution in [0.15, 0.2) is 18.2 Å². The lowest BCUT2D eigenvalue weighted by molar-refractivity contribution is 0.0981. The molecule has 1 nitrogen and oxygen atoms in total. The molecule has 110 valence electrons. The van der Waals surface area contributed by atoms with Gasteiger partial charge in [-0.25, -0.2) is 0 Å². The Morgan fingerprint density at radius 3 is 2.70 bits per heavy atom. The minimum Gasteiger partial charge on any atom is -0.293 e. The van der Waals surface area contributed by atoms with Crippen LogP contribution in [0.1, 0.15) is 73.4 Å². The molecule has 0 spiro atoms. The molecule has 1 aliphatic carbocycles. The van der Waals surface area contributed by atoms with Gasteiger partial charge in [0.1, 0.15) is 0 Å². The zero-order valence-electron chi connectivity index (χ0n) is 12.5. The van der Waals surface area contributed by atoms with E-state index >= 15 is 0 Å². The van der Waals surface area contributed by atoms with E-state index in [1.807, 2.05) is 6.07 Å². The van der Waals surface area contributed by atoms with E-state index in [1.54, 1.807) is 0 Å². The Labute approximate surface area is 131 Å². The number of rotatable bonds is 7. The summed E-state index contributed by atoms with van der Waals surface area (Å²) in [6, 6.07) is 6.45. The van der Waals surface area contributed by atoms with Crippen molar-refractivity contribution in [2.45, 2.75) is 69.5 Å². The molecule has 0 amide bonds. The molecule has 0 saturated heterocycles. The van der Waals surface area contributed by atoms with Gasteiger partial charge in [0.05, 0.1) is 4.83 Å². The van der Waals surface area contributed by atoms with Crippen LogP contribution >= 0.6 is 15.9 Å². The van der Waals surface area contributed by atoms with Gasteiger partial charge in [0, 0.05) is 5.56 Å². The van der Waals surface area contributed by atoms with Crippen molar-refractivity contribution < 1.29 is 4.79 Å². The van der Waals surface area contributed by atoms with Crippen LogP contribution in [0.25, 0.3) is 0 Å². The molecule has 0 fully saturated rings. The monoisotopic (exact) mass is 336 g/mol. The van der Waals surface area contributed by atoms with Gasteiger partial charge in [-0.3, -0.25) is 4.79 Å². The van der Waals surface area contributed by atoms with Gasteiger partial charge in [0.2, 0.25) is 0 Å². The second-order valence-electron chi connectivity index (χ2n) is 5.88. The summed E-state index contributed by atoms with van der Waals surface area (Å²) in [5, 5.41) is 0. The number of Topliss-reactive ketones (excluding diaryl/α,β-unsaturated/α-hetero) is 1. The molecule has 0 aliphatic heterocycles. The fourth-order valence-corrected chi connectivity index (χ4v) is 3.42. The van der Waals surface area contributed by atoms with Crippen LogP contribution in [0.5, 0.6) is 0 Å². The first-order valence-corrected chi connectivity index (χ1v) is 8.94. The predicted molar refractivity (Wildman–Crippen MR) is 88.9 cm³/mol. The van der Waals surface area contributed by atoms with Crippen molar-refractivity contribution in [3.8, 4) is 0 Å². The molecule has 2 heteroatoms. The van der Waals surface area contributed by atoms with Crippen molar-refractivity contribution in [2.75, 3.05) is 0 Å². The molecule has 1 aromatic rings. The molecule has 0 N–H and O–H groups in total. The van der Waals surface area contributed by atoms with Crippen LogP contribution in [-0.4, -0.2) is 10.6 Å². The second kappa shape index (κ2) is 7.97. The van der Waals surface area contributed by atoms with Gasteiger partial charge in [-0.1, -0.05) is 73.2 Å². The van der Waals surface area contributed by atoms with Gasteiger partial charge in [-0.15, -0.1) is 0 Å². The van der Waals surface area contributed by atoms with Gasteiger partial charge in [-0.05, 0) is 36.8 Å². The Hall–Kier alpha value is -0.630. The van der Waals surface area contributed by atoms with Crippen LogP contribution < -0.4 is 0 Å². The first kappa shape index (κ1) is 15.8. The molecule has 0 heterocycles. The van der Waals surface area contributed by atoms with Gasteiger partial charge in [0.25, 0.3) is 0 Å². The Bertz CT molecular complexity index is 453. The van der Waals surface area contributed by atoms with Crippen LogP contribution in [0.3, 0.4) is 0 Å². The zero-order valence-corrected chi connectivity index (χ0v) is 14.0. The van der Waals surface area contributed by atoms with Crippen molar-refractivity contribution >= 4 is 21.7 Å². The van der Waals surface area contributed by atoms with Crippen LogP contribution in [0.4, 0.5) is 0 Å². The molecule has 1 atom stereocenters. The molecule has 0 radical (unpaired) electrons. The summed E-state index contributed by atoms with van der Waals surface area (Å²) in [6.07, 6.45) is 11.2. The summed E-state index contributed by atoms with van der Waals surface area (Å²) in [7, 11) is 0. The maximum atomic E-state index is 12.0. The highest BCUT2D eigenvalue weighted by atomic mass is 79.9. The molecule has 0 bridgehead atoms. The SMILES string of the molecule is CCCCCCCCc1ccc2c(c1)CC[C@H](Br)C2=O. The van der Waals surface area contributed by atoms with Crippen LogP contribution in [-0.2, 0) is 12.8 Å². The van der Waals surface area contributed by atoms with E-state index in [9.17, 15) is 4.79 Å². The molecular formula is C18H25BrO. The lowest BCUT2D eigenvalue weighted by Gasteiger charge is -2.19. The Balaban J connectivity index is 1.84. The summed E-state index contributed by atoms with van der Waals surface area (Å²) in [4.78, 5) is 12.1. The van der Waals surface area contributed by atoms with Gasteiger partial charge < -0.3 is 0 Å². The molecule has 1 aliphatic rings. The molecule has 0 unspecified atom stereocenters. The fraction of sp³-hybridized carbons (Fsp3) is 0.611. The van der Waals surface area contributed by atoms with Crippen molar-refractivity contribution in [3.63, 3.8) is 0 Å². The van der Waals surface area contributed by atoms with E-state index in [0.717, 1.165) is 24.8 Å². The van der Waals surface area contributed by atoms with Crippen LogP contribution in [0.2, 0.25) is 0 Å². The Morgan fingerprint density at radius 2 is 1.90 bits per heavy atom. The quantitative estimate of drug-likeness (QED) is 0.475. The fourth-order valence-electron chi connectivity index (χ4n) is 2.94. The van der Waals surface area contributed by atoms with Gasteiger partial charge >= 0.3 is 0 Å². The van der Waals surface area contributed by atoms with E-state index in [1.165, 1.54) is 49.7 Å². The third-order valence-electron chi connectivity index (χ3n) is 4.21. The standard InChI is InChI=1S/C18H25BrO/c1-2-3-4-5-6-7-8-14-9-11-16-15(13-14)10-12-17(19)18(16)20/h9,11,13,17H,2-8,10,12H2,1H3/t17-/m0/s1. The number of unbranched alkanes of at least 4 members (excludes halogenated alkanes) is 5. The van der Waals surface area contributed by atoms with E-state index in [-0.39, 0.29) is 10.6 Å². The average molecular weight is 337 g/mol. The van der Waals surface area contributed by atoms with E-state index in [4.69, 9.17) is 0 Å². The van der Waals surface area contributed by atoms with E-state index in [0.29, 0.717) is 0 Å². The maximum absolute atomic E-state index is 12.0. The van der Waals surface area contributed by atoms with Gasteiger partial charge in [-0.2, -0.15) is 0 Å². The normalized spacial score (nSPS) is 18.1. The summed E-state index contributed by atoms with van der Waals surface area (Å²) >= 11 is 3.46. The highest BCUT2D eigenvalue weighted by molar-refractivity contribution is 9.10. The Morgan fingerprint density at radius 1 is 1.15 bits per heavy atom. The number of benzene rings is 1. The molecule has 0 saturated carbocycles. The highest BCUT2D eigenvalue weighted by Gasteiger charge is 2.24. The predicted octanol–water partition coefficient (Wildman–Crippen LogP) is 5.48. The third-order valence-corrected chi connectivity index (χ3v) is 5.08. The molecule has 1 aromatic carbocycles. The minimum atomic E-state index is 0.0272. The minimum absolute atomic E-state index is 0.0272. The summed E-state index contributed by atoms with van der Waals surface area (Å²) < 4.78 is 0. The molecule has 20 heavy (non-hydrogen) atoms. The first-order chi connectivity index (χ1) is 9.72. The number of hydrogen-bond acceptors (Lipinski definition) is 1. The zero-order chi connectivity index (χ0) is 14.4. The second-order valence-corrected chi connectivity index (χ2v) is 6.99. The van der Waals surface area contributed by atoms with Crippen LogP contribution in [0, 0.1) is 0 Å². The van der Waals surface area contributed by atoms with Gasteiger partial charge in [0.15, 0.2) is 5.78 Å². The number of alkyl halides is 1. The lowest BCUT2D eigenvalue weighted by atomic mass is 9.88. The summed E-state index contributed by atoms with van der Waals surface area (Å²) in [5.41, 5.74) is 3.60. The largest absolute Gasteiger partial charge is 0.293 e. The van der Waals surface area contributed by atoms with Crippen molar-refractivity contribution in [2.24, 2.45) is 0 Å². The maximum Gasteiger partial charge on any atom is 0.176 e. The first-order valence-electron chi connectivity index (χ1n) is 8.02. The summed E-state index contributed by atoms with van der Waals surface area (Å²) in [6.45, 7) is 2.26. The van der Waals surface area contributed by atoms with E-state index in [2.05, 4.69) is 35.0 Å². The average Bonchev–Trinajstić information content (AvgIpc) is 2.47. The van der Waals surface area contributed by atoms with E-state index < -0.39 is 0 Å². The van der Waals surface area contributed by atoms with Crippen molar-refractivity contribution in [3.05, 3.63) is 34.9 Å². The number of aryl methyl sites for hydroxylation is 2. The number of halogens is 1. The van der Waals surface area contributed by atoms with Crippen molar-refractivity contribution in [1.29, 1.82) is 0 Å². The number of carbonyl (C=O) groups is 1. The number of hydrogen-bond donors (Lipinski definition) is 0. The highest BCUT2D eigenvalue weighted by Crippen LogP contribution is 2.27. The Kier molecular flexibility index (Phi) is 6.28. The number of ketones is 1. The smallest absolute Gasteiger partial charge is 0.176 e. The molecule has 2 rings (SSSR count).